The molecule has 9 nitrogen and oxygen atoms in total. The van der Waals surface area contributed by atoms with Crippen molar-refractivity contribution >= 4 is 11.2 Å². The van der Waals surface area contributed by atoms with Crippen molar-refractivity contribution in [2.75, 3.05) is 45.9 Å². The maximum absolute atomic E-state index is 13.6. The summed E-state index contributed by atoms with van der Waals surface area (Å²) in [6, 6.07) is 13.0. The summed E-state index contributed by atoms with van der Waals surface area (Å²) in [5.74, 6) is -0.580. The number of aliphatic hydroxyl groups excluding tert-OH is 1. The number of β-amino-alcohol motifs (C(OH)–C–C–N with tert-alkyl or cyclic N) is 1. The molecule has 0 amide bonds. The molecule has 0 spiro atoms. The van der Waals surface area contributed by atoms with Crippen LogP contribution in [0.15, 0.2) is 61.1 Å². The van der Waals surface area contributed by atoms with Gasteiger partial charge in [-0.1, -0.05) is 24.3 Å². The monoisotopic (exact) mass is 564 g/mol. The molecular formula is C30H34F2N6O3. The summed E-state index contributed by atoms with van der Waals surface area (Å²) in [6.07, 6.45) is 5.60. The van der Waals surface area contributed by atoms with E-state index in [2.05, 4.69) is 24.8 Å². The number of nitrogens with zero attached hydrogens (tertiary/aromatic N) is 6. The molecular weight excluding hydrogens is 530 g/mol. The Kier molecular flexibility index (Phi) is 8.47. The highest BCUT2D eigenvalue weighted by Gasteiger charge is 2.28. The molecule has 2 unspecified atom stereocenters. The van der Waals surface area contributed by atoms with E-state index in [1.54, 1.807) is 36.8 Å². The number of hydrogen-bond acceptors (Lipinski definition) is 8. The van der Waals surface area contributed by atoms with Gasteiger partial charge in [0.2, 0.25) is 0 Å². The molecule has 0 aliphatic carbocycles. The zero-order valence-corrected chi connectivity index (χ0v) is 22.8. The second-order valence-corrected chi connectivity index (χ2v) is 10.6. The number of aliphatic hydroxyl groups is 1. The fourth-order valence-corrected chi connectivity index (χ4v) is 5.66. The van der Waals surface area contributed by atoms with Crippen molar-refractivity contribution < 1.29 is 23.4 Å². The Balaban J connectivity index is 1.04. The zero-order valence-electron chi connectivity index (χ0n) is 22.8. The summed E-state index contributed by atoms with van der Waals surface area (Å²) in [7, 11) is 0. The summed E-state index contributed by atoms with van der Waals surface area (Å²) < 4.78 is 40.8. The molecule has 1 N–H and O–H groups in total. The topological polar surface area (TPSA) is 88.8 Å². The van der Waals surface area contributed by atoms with Crippen LogP contribution < -0.4 is 4.74 Å². The average molecular weight is 565 g/mol. The number of piperazine rings is 1. The minimum absolute atomic E-state index is 0.0631. The van der Waals surface area contributed by atoms with Gasteiger partial charge < -0.3 is 14.6 Å². The van der Waals surface area contributed by atoms with Crippen LogP contribution in [0.3, 0.4) is 0 Å². The number of fused-ring (bicyclic) bond motifs is 1. The van der Waals surface area contributed by atoms with Crippen molar-refractivity contribution in [1.29, 1.82) is 0 Å². The van der Waals surface area contributed by atoms with Gasteiger partial charge >= 0.3 is 6.01 Å². The largest absolute Gasteiger partial charge is 0.461 e. The van der Waals surface area contributed by atoms with E-state index in [1.165, 1.54) is 24.3 Å². The van der Waals surface area contributed by atoms with E-state index in [4.69, 9.17) is 9.47 Å². The first-order valence-electron chi connectivity index (χ1n) is 14.1. The van der Waals surface area contributed by atoms with E-state index in [0.29, 0.717) is 17.7 Å². The second-order valence-electron chi connectivity index (χ2n) is 10.6. The first-order chi connectivity index (χ1) is 20.0. The molecule has 6 rings (SSSR count). The molecule has 4 aromatic rings. The molecule has 11 heteroatoms. The first-order valence-corrected chi connectivity index (χ1v) is 14.1. The average Bonchev–Trinajstić information content (AvgIpc) is 3.43. The number of imidazole rings is 1. The van der Waals surface area contributed by atoms with Gasteiger partial charge in [-0.3, -0.25) is 14.4 Å². The molecule has 0 bridgehead atoms. The van der Waals surface area contributed by atoms with Gasteiger partial charge in [0.25, 0.3) is 0 Å². The molecule has 2 saturated heterocycles. The standard InChI is InChI=1S/C30H34F2N6O3/c31-23-8-4-21(5-9-23)28(22-6-10-24(32)11-7-22)37-14-12-36(13-15-37)18-25(39)19-41-30-33-17-26-29(35-30)38(20-34-26)27-3-1-2-16-40-27/h4-11,17,20,25,27-28,39H,1-3,12-16,18-19H2. The predicted molar refractivity (Wildman–Crippen MR) is 148 cm³/mol. The number of halogens is 2. The van der Waals surface area contributed by atoms with Gasteiger partial charge in [0.1, 0.15) is 36.1 Å². The van der Waals surface area contributed by atoms with Gasteiger partial charge in [-0.15, -0.1) is 0 Å². The van der Waals surface area contributed by atoms with E-state index in [0.717, 1.165) is 63.2 Å². The molecule has 4 heterocycles. The minimum atomic E-state index is -0.725. The Hall–Kier alpha value is -3.51. The lowest BCUT2D eigenvalue weighted by Crippen LogP contribution is -2.50. The maximum atomic E-state index is 13.6. The Morgan fingerprint density at radius 3 is 2.24 bits per heavy atom. The van der Waals surface area contributed by atoms with Gasteiger partial charge in [-0.05, 0) is 54.7 Å². The lowest BCUT2D eigenvalue weighted by molar-refractivity contribution is -0.0298. The Morgan fingerprint density at radius 2 is 1.61 bits per heavy atom. The number of ether oxygens (including phenoxy) is 2. The summed E-state index contributed by atoms with van der Waals surface area (Å²) in [5.41, 5.74) is 3.23. The van der Waals surface area contributed by atoms with Crippen molar-refractivity contribution in [2.45, 2.75) is 37.6 Å². The fourth-order valence-electron chi connectivity index (χ4n) is 5.66. The van der Waals surface area contributed by atoms with Crippen molar-refractivity contribution in [3.05, 3.63) is 83.8 Å². The van der Waals surface area contributed by atoms with E-state index in [-0.39, 0.29) is 36.5 Å². The van der Waals surface area contributed by atoms with Crippen LogP contribution in [0.1, 0.15) is 42.7 Å². The normalized spacial score (nSPS) is 19.6. The third-order valence-corrected chi connectivity index (χ3v) is 7.78. The molecule has 2 atom stereocenters. The highest BCUT2D eigenvalue weighted by molar-refractivity contribution is 5.69. The van der Waals surface area contributed by atoms with Crippen LogP contribution in [0.4, 0.5) is 8.78 Å². The van der Waals surface area contributed by atoms with Crippen molar-refractivity contribution in [1.82, 2.24) is 29.3 Å². The summed E-state index contributed by atoms with van der Waals surface area (Å²) in [4.78, 5) is 17.7. The number of benzene rings is 2. The van der Waals surface area contributed by atoms with Crippen LogP contribution in [0.5, 0.6) is 6.01 Å². The Morgan fingerprint density at radius 1 is 0.927 bits per heavy atom. The Bertz CT molecular complexity index is 1380. The summed E-state index contributed by atoms with van der Waals surface area (Å²) in [6.45, 7) is 4.17. The zero-order chi connectivity index (χ0) is 28.2. The van der Waals surface area contributed by atoms with Crippen LogP contribution in [0, 0.1) is 11.6 Å². The molecule has 0 saturated carbocycles. The lowest BCUT2D eigenvalue weighted by Gasteiger charge is -2.40. The van der Waals surface area contributed by atoms with Crippen LogP contribution in [-0.2, 0) is 4.74 Å². The molecule has 2 aliphatic heterocycles. The van der Waals surface area contributed by atoms with Crippen LogP contribution in [0.25, 0.3) is 11.2 Å². The van der Waals surface area contributed by atoms with E-state index < -0.39 is 6.10 Å². The van der Waals surface area contributed by atoms with Gasteiger partial charge in [0.15, 0.2) is 5.65 Å². The number of rotatable bonds is 9. The molecule has 41 heavy (non-hydrogen) atoms. The molecule has 216 valence electrons. The second kappa shape index (κ2) is 12.6. The van der Waals surface area contributed by atoms with Gasteiger partial charge in [0.05, 0.1) is 18.6 Å². The van der Waals surface area contributed by atoms with Crippen molar-refractivity contribution in [3.8, 4) is 6.01 Å². The number of hydrogen-bond donors (Lipinski definition) is 1. The van der Waals surface area contributed by atoms with Gasteiger partial charge in [-0.2, -0.15) is 4.98 Å². The highest BCUT2D eigenvalue weighted by Crippen LogP contribution is 2.30. The Labute approximate surface area is 237 Å². The third-order valence-electron chi connectivity index (χ3n) is 7.78. The lowest BCUT2D eigenvalue weighted by atomic mass is 9.96. The van der Waals surface area contributed by atoms with Gasteiger partial charge in [0, 0.05) is 39.3 Å². The SMILES string of the molecule is OC(COc1ncc2ncn(C3CCCCO3)c2n1)CN1CCN(C(c2ccc(F)cc2)c2ccc(F)cc2)CC1. The first kappa shape index (κ1) is 27.6. The molecule has 2 aromatic carbocycles. The summed E-state index contributed by atoms with van der Waals surface area (Å²) in [5, 5.41) is 10.7. The van der Waals surface area contributed by atoms with Crippen molar-refractivity contribution in [3.63, 3.8) is 0 Å². The van der Waals surface area contributed by atoms with Crippen molar-refractivity contribution in [2.24, 2.45) is 0 Å². The van der Waals surface area contributed by atoms with E-state index >= 15 is 0 Å². The van der Waals surface area contributed by atoms with Crippen LogP contribution in [-0.4, -0.2) is 86.5 Å². The van der Waals surface area contributed by atoms with E-state index in [9.17, 15) is 13.9 Å². The number of aromatic nitrogens is 4. The highest BCUT2D eigenvalue weighted by atomic mass is 19.1. The fraction of sp³-hybridized carbons (Fsp3) is 0.433. The molecule has 2 fully saturated rings. The maximum Gasteiger partial charge on any atom is 0.318 e. The third kappa shape index (κ3) is 6.54. The summed E-state index contributed by atoms with van der Waals surface area (Å²) >= 11 is 0. The molecule has 2 aliphatic rings. The van der Waals surface area contributed by atoms with Gasteiger partial charge in [-0.25, -0.2) is 18.7 Å². The molecule has 0 radical (unpaired) electrons. The van der Waals surface area contributed by atoms with Crippen LogP contribution in [0.2, 0.25) is 0 Å². The van der Waals surface area contributed by atoms with E-state index in [1.807, 2.05) is 4.57 Å². The minimum Gasteiger partial charge on any atom is -0.461 e. The predicted octanol–water partition coefficient (Wildman–Crippen LogP) is 3.95. The smallest absolute Gasteiger partial charge is 0.318 e. The van der Waals surface area contributed by atoms with Crippen LogP contribution >= 0.6 is 0 Å². The quantitative estimate of drug-likeness (QED) is 0.327. The molecule has 2 aromatic heterocycles.